The Morgan fingerprint density at radius 3 is 2.08 bits per heavy atom. The second kappa shape index (κ2) is 14.5. The van der Waals surface area contributed by atoms with E-state index in [4.69, 9.17) is 24.5 Å². The number of aryl methyl sites for hydroxylation is 1. The van der Waals surface area contributed by atoms with E-state index in [0.717, 1.165) is 38.2 Å². The lowest BCUT2D eigenvalue weighted by molar-refractivity contribution is -0.193. The summed E-state index contributed by atoms with van der Waals surface area (Å²) < 4.78 is 69.2. The van der Waals surface area contributed by atoms with Gasteiger partial charge in [0.2, 0.25) is 0 Å². The van der Waals surface area contributed by atoms with Gasteiger partial charge in [-0.1, -0.05) is 35.9 Å². The molecule has 3 rings (SSSR count). The van der Waals surface area contributed by atoms with Gasteiger partial charge in [0.25, 0.3) is 0 Å². The maximum atomic E-state index is 10.6. The number of carboxylic acids is 2. The highest BCUT2D eigenvalue weighted by Crippen LogP contribution is 2.25. The van der Waals surface area contributed by atoms with Crippen molar-refractivity contribution in [2.75, 3.05) is 20.2 Å². The number of rotatable bonds is 5. The van der Waals surface area contributed by atoms with E-state index >= 15 is 0 Å². The first kappa shape index (κ1) is 31.8. The summed E-state index contributed by atoms with van der Waals surface area (Å²) in [5, 5.41) is 14.2. The molecular formula is C24H28F6N2O5. The number of nitrogens with zero attached hydrogens (tertiary/aromatic N) is 2. The van der Waals surface area contributed by atoms with Gasteiger partial charge in [-0.15, -0.1) is 0 Å². The van der Waals surface area contributed by atoms with Crippen LogP contribution in [-0.2, 0) is 27.3 Å². The Hall–Kier alpha value is -3.19. The number of benzene rings is 1. The summed E-state index contributed by atoms with van der Waals surface area (Å²) in [4.78, 5) is 24.8. The number of piperidine rings is 1. The summed E-state index contributed by atoms with van der Waals surface area (Å²) in [6, 6.07) is 15.0. The molecule has 1 fully saturated rings. The van der Waals surface area contributed by atoms with Crippen molar-refractivity contribution in [2.24, 2.45) is 5.92 Å². The highest BCUT2D eigenvalue weighted by Gasteiger charge is 2.38. The van der Waals surface area contributed by atoms with E-state index in [2.05, 4.69) is 53.2 Å². The third-order valence-corrected chi connectivity index (χ3v) is 5.23. The second-order valence-corrected chi connectivity index (χ2v) is 8.18. The van der Waals surface area contributed by atoms with Gasteiger partial charge in [-0.25, -0.2) is 9.59 Å². The van der Waals surface area contributed by atoms with Gasteiger partial charge in [-0.05, 0) is 37.5 Å². The molecule has 206 valence electrons. The molecule has 2 atom stereocenters. The lowest BCUT2D eigenvalue weighted by Crippen LogP contribution is -2.44. The predicted molar refractivity (Wildman–Crippen MR) is 121 cm³/mol. The normalized spacial score (nSPS) is 18.1. The smallest absolute Gasteiger partial charge is 0.475 e. The van der Waals surface area contributed by atoms with Gasteiger partial charge in [0, 0.05) is 38.9 Å². The molecule has 0 amide bonds. The third-order valence-electron chi connectivity index (χ3n) is 5.23. The van der Waals surface area contributed by atoms with Crippen molar-refractivity contribution in [3.8, 4) is 0 Å². The molecule has 0 radical (unpaired) electrons. The number of halogens is 6. The van der Waals surface area contributed by atoms with E-state index in [1.165, 1.54) is 11.1 Å². The fourth-order valence-corrected chi connectivity index (χ4v) is 3.60. The van der Waals surface area contributed by atoms with Crippen molar-refractivity contribution < 1.29 is 50.9 Å². The van der Waals surface area contributed by atoms with Crippen LogP contribution >= 0.6 is 0 Å². The van der Waals surface area contributed by atoms with Crippen LogP contribution in [0.25, 0.3) is 0 Å². The highest BCUT2D eigenvalue weighted by atomic mass is 19.4. The minimum absolute atomic E-state index is 0.357. The minimum Gasteiger partial charge on any atom is -0.475 e. The maximum absolute atomic E-state index is 10.6. The van der Waals surface area contributed by atoms with Gasteiger partial charge >= 0.3 is 24.3 Å². The van der Waals surface area contributed by atoms with E-state index in [9.17, 15) is 26.3 Å². The zero-order valence-corrected chi connectivity index (χ0v) is 20.1. The largest absolute Gasteiger partial charge is 0.490 e. The topological polar surface area (TPSA) is 100.0 Å². The first-order chi connectivity index (χ1) is 17.1. The first-order valence-electron chi connectivity index (χ1n) is 10.9. The van der Waals surface area contributed by atoms with E-state index in [1.54, 1.807) is 0 Å². The van der Waals surface area contributed by atoms with Gasteiger partial charge in [0.05, 0.1) is 11.8 Å². The zero-order valence-electron chi connectivity index (χ0n) is 20.1. The number of methoxy groups -OCH3 is 1. The molecule has 0 bridgehead atoms. The van der Waals surface area contributed by atoms with Crippen molar-refractivity contribution in [3.63, 3.8) is 0 Å². The van der Waals surface area contributed by atoms with Crippen LogP contribution in [0.3, 0.4) is 0 Å². The number of aliphatic carboxylic acids is 2. The van der Waals surface area contributed by atoms with Crippen LogP contribution in [0.5, 0.6) is 0 Å². The summed E-state index contributed by atoms with van der Waals surface area (Å²) in [5.74, 6) is -4.97. The number of aromatic nitrogens is 1. The van der Waals surface area contributed by atoms with Crippen LogP contribution in [0.2, 0.25) is 0 Å². The molecule has 2 heterocycles. The van der Waals surface area contributed by atoms with Crippen molar-refractivity contribution in [1.29, 1.82) is 0 Å². The molecule has 2 aromatic rings. The Morgan fingerprint density at radius 2 is 1.62 bits per heavy atom. The van der Waals surface area contributed by atoms with Crippen molar-refractivity contribution in [2.45, 2.75) is 44.8 Å². The second-order valence-electron chi connectivity index (χ2n) is 8.18. The number of pyridine rings is 1. The average Bonchev–Trinajstić information content (AvgIpc) is 2.80. The van der Waals surface area contributed by atoms with Gasteiger partial charge in [-0.3, -0.25) is 9.88 Å². The van der Waals surface area contributed by atoms with Crippen LogP contribution in [0.15, 0.2) is 48.7 Å². The van der Waals surface area contributed by atoms with E-state index in [-0.39, 0.29) is 0 Å². The van der Waals surface area contributed by atoms with E-state index in [0.29, 0.717) is 12.0 Å². The molecule has 1 aliphatic rings. The molecule has 1 aromatic heterocycles. The number of ether oxygens (including phenoxy) is 1. The Balaban J connectivity index is 0.000000404. The standard InChI is InChI=1S/C20H26N2O.2C2HF3O2/c1-16-6-5-7-17(12-16)13-18-14-22(11-9-20(18)23-2)15-19-8-3-4-10-21-19;2*3-2(4,5)1(6)7/h3-8,10,12,18,20H,9,11,13-15H2,1-2H3;2*(H,6,7)/t18-,20+;;/m0../s1. The van der Waals surface area contributed by atoms with Crippen LogP contribution < -0.4 is 0 Å². The number of likely N-dealkylation sites (tertiary alicyclic amines) is 1. The molecule has 7 nitrogen and oxygen atoms in total. The monoisotopic (exact) mass is 538 g/mol. The fraction of sp³-hybridized carbons (Fsp3) is 0.458. The highest BCUT2D eigenvalue weighted by molar-refractivity contribution is 5.73. The lowest BCUT2D eigenvalue weighted by atomic mass is 9.88. The lowest BCUT2D eigenvalue weighted by Gasteiger charge is -2.38. The minimum atomic E-state index is -5.08. The van der Waals surface area contributed by atoms with E-state index < -0.39 is 24.3 Å². The van der Waals surface area contributed by atoms with Gasteiger partial charge < -0.3 is 14.9 Å². The number of carbonyl (C=O) groups is 2. The molecule has 2 N–H and O–H groups in total. The first-order valence-corrected chi connectivity index (χ1v) is 10.9. The number of carboxylic acid groups (broad SMARTS) is 2. The molecular weight excluding hydrogens is 510 g/mol. The molecule has 1 aliphatic heterocycles. The van der Waals surface area contributed by atoms with Crippen LogP contribution in [0.4, 0.5) is 26.3 Å². The number of hydrogen-bond donors (Lipinski definition) is 2. The molecule has 37 heavy (non-hydrogen) atoms. The summed E-state index contributed by atoms with van der Waals surface area (Å²) in [6.07, 6.45) is -5.75. The Bertz CT molecular complexity index is 962. The van der Waals surface area contributed by atoms with Crippen LogP contribution in [-0.4, -0.2) is 70.7 Å². The number of hydrogen-bond acceptors (Lipinski definition) is 5. The van der Waals surface area contributed by atoms with Crippen molar-refractivity contribution in [3.05, 3.63) is 65.5 Å². The Morgan fingerprint density at radius 1 is 1.03 bits per heavy atom. The molecule has 0 aliphatic carbocycles. The summed E-state index contributed by atoms with van der Waals surface area (Å²) >= 11 is 0. The third kappa shape index (κ3) is 12.6. The quantitative estimate of drug-likeness (QED) is 0.531. The van der Waals surface area contributed by atoms with Gasteiger partial charge in [-0.2, -0.15) is 26.3 Å². The van der Waals surface area contributed by atoms with Gasteiger partial charge in [0.15, 0.2) is 0 Å². The summed E-state index contributed by atoms with van der Waals surface area (Å²) in [7, 11) is 1.85. The zero-order chi connectivity index (χ0) is 28.2. The number of alkyl halides is 6. The molecule has 0 spiro atoms. The van der Waals surface area contributed by atoms with E-state index in [1.807, 2.05) is 19.4 Å². The molecule has 1 aromatic carbocycles. The molecule has 0 saturated carbocycles. The Labute approximate surface area is 209 Å². The fourth-order valence-electron chi connectivity index (χ4n) is 3.60. The average molecular weight is 538 g/mol. The van der Waals surface area contributed by atoms with Crippen LogP contribution in [0.1, 0.15) is 23.2 Å². The summed E-state index contributed by atoms with van der Waals surface area (Å²) in [5.41, 5.74) is 3.90. The van der Waals surface area contributed by atoms with Crippen molar-refractivity contribution >= 4 is 11.9 Å². The molecule has 1 saturated heterocycles. The van der Waals surface area contributed by atoms with Gasteiger partial charge in [0.1, 0.15) is 0 Å². The Kier molecular flexibility index (Phi) is 12.5. The van der Waals surface area contributed by atoms with Crippen LogP contribution in [0, 0.1) is 12.8 Å². The summed E-state index contributed by atoms with van der Waals surface area (Å²) in [6.45, 7) is 5.25. The van der Waals surface area contributed by atoms with Crippen molar-refractivity contribution in [1.82, 2.24) is 9.88 Å². The predicted octanol–water partition coefficient (Wildman–Crippen LogP) is 4.74. The molecule has 13 heteroatoms. The SMILES string of the molecule is CO[C@@H]1CCN(Cc2ccccn2)C[C@@H]1Cc1cccc(C)c1.O=C(O)C(F)(F)F.O=C(O)C(F)(F)F. The maximum Gasteiger partial charge on any atom is 0.490 e. The molecule has 0 unspecified atom stereocenters.